The minimum absolute atomic E-state index is 0.193. The number of benzene rings is 2. The van der Waals surface area contributed by atoms with Crippen LogP contribution >= 0.6 is 0 Å². The number of rotatable bonds is 4. The van der Waals surface area contributed by atoms with Crippen molar-refractivity contribution in [2.45, 2.75) is 63.2 Å². The van der Waals surface area contributed by atoms with Gasteiger partial charge in [0, 0.05) is 11.6 Å². The number of hydrogen-bond donors (Lipinski definition) is 1. The second kappa shape index (κ2) is 6.94. The van der Waals surface area contributed by atoms with Gasteiger partial charge in [-0.3, -0.25) is 0 Å². The minimum Gasteiger partial charge on any atom is -0.399 e. The van der Waals surface area contributed by atoms with Gasteiger partial charge >= 0.3 is 7.12 Å². The van der Waals surface area contributed by atoms with E-state index in [9.17, 15) is 13.5 Å². The van der Waals surface area contributed by atoms with E-state index in [0.717, 1.165) is 0 Å². The molecule has 1 fully saturated rings. The van der Waals surface area contributed by atoms with Gasteiger partial charge in [-0.15, -0.1) is 0 Å². The Hall–Kier alpha value is -2.13. The Morgan fingerprint density at radius 1 is 0.968 bits per heavy atom. The molecule has 8 heteroatoms. The van der Waals surface area contributed by atoms with Gasteiger partial charge in [0.05, 0.1) is 27.2 Å². The van der Waals surface area contributed by atoms with Gasteiger partial charge in [0.2, 0.25) is 0 Å². The number of hydrogen-bond acceptors (Lipinski definition) is 5. The Morgan fingerprint density at radius 2 is 1.55 bits per heavy atom. The molecule has 0 spiro atoms. The van der Waals surface area contributed by atoms with Crippen LogP contribution in [0.15, 0.2) is 59.6 Å². The molecule has 0 bridgehead atoms. The van der Waals surface area contributed by atoms with Crippen molar-refractivity contribution in [3.8, 4) is 0 Å². The molecule has 2 aromatic carbocycles. The first kappa shape index (κ1) is 22.1. The van der Waals surface area contributed by atoms with Gasteiger partial charge in [0.25, 0.3) is 10.0 Å². The maximum atomic E-state index is 13.3. The van der Waals surface area contributed by atoms with E-state index >= 15 is 0 Å². The molecule has 0 aliphatic carbocycles. The van der Waals surface area contributed by atoms with E-state index < -0.39 is 33.9 Å². The zero-order chi connectivity index (χ0) is 22.8. The smallest absolute Gasteiger partial charge is 0.399 e. The quantitative estimate of drug-likeness (QED) is 0.628. The van der Waals surface area contributed by atoms with Gasteiger partial charge in [0.15, 0.2) is 0 Å². The minimum atomic E-state index is -3.82. The Bertz CT molecular complexity index is 1220. The maximum Gasteiger partial charge on any atom is 0.495 e. The standard InChI is InChI=1S/C23H28BNO5S/c1-21(2,26)16-14-19(24-29-22(3,4)23(5,6)30-24)18-12-13-25(20(18)15-16)31(27,28)17-10-8-7-9-11-17/h7-15,26H,1-6H3. The van der Waals surface area contributed by atoms with Crippen LogP contribution in [0, 0.1) is 0 Å². The topological polar surface area (TPSA) is 77.8 Å². The Balaban J connectivity index is 1.95. The predicted octanol–water partition coefficient (Wildman–Crippen LogP) is 3.40. The molecular weight excluding hydrogens is 413 g/mol. The van der Waals surface area contributed by atoms with E-state index in [-0.39, 0.29) is 4.90 Å². The maximum absolute atomic E-state index is 13.3. The summed E-state index contributed by atoms with van der Waals surface area (Å²) >= 11 is 0. The summed E-state index contributed by atoms with van der Waals surface area (Å²) < 4.78 is 40.4. The van der Waals surface area contributed by atoms with E-state index in [1.165, 1.54) is 10.2 Å². The third kappa shape index (κ3) is 3.61. The number of fused-ring (bicyclic) bond motifs is 1. The highest BCUT2D eigenvalue weighted by molar-refractivity contribution is 7.90. The number of aliphatic hydroxyl groups is 1. The lowest BCUT2D eigenvalue weighted by atomic mass is 9.75. The largest absolute Gasteiger partial charge is 0.495 e. The average molecular weight is 441 g/mol. The molecule has 1 saturated heterocycles. The van der Waals surface area contributed by atoms with Crippen molar-refractivity contribution in [2.75, 3.05) is 0 Å². The monoisotopic (exact) mass is 441 g/mol. The Morgan fingerprint density at radius 3 is 2.10 bits per heavy atom. The number of nitrogens with zero attached hydrogens (tertiary/aromatic N) is 1. The molecule has 1 aliphatic heterocycles. The van der Waals surface area contributed by atoms with Crippen LogP contribution in [0.2, 0.25) is 0 Å². The highest BCUT2D eigenvalue weighted by atomic mass is 32.2. The molecule has 0 saturated carbocycles. The van der Waals surface area contributed by atoms with Crippen molar-refractivity contribution in [1.82, 2.24) is 3.97 Å². The highest BCUT2D eigenvalue weighted by Crippen LogP contribution is 2.38. The second-order valence-corrected chi connectivity index (χ2v) is 11.4. The van der Waals surface area contributed by atoms with E-state index in [4.69, 9.17) is 9.31 Å². The third-order valence-electron chi connectivity index (χ3n) is 6.32. The number of aromatic nitrogens is 1. The van der Waals surface area contributed by atoms with E-state index in [2.05, 4.69) is 0 Å². The highest BCUT2D eigenvalue weighted by Gasteiger charge is 2.52. The first-order valence-corrected chi connectivity index (χ1v) is 11.7. The van der Waals surface area contributed by atoms with E-state index in [0.29, 0.717) is 21.9 Å². The average Bonchev–Trinajstić information content (AvgIpc) is 3.19. The first-order valence-electron chi connectivity index (χ1n) is 10.3. The fourth-order valence-electron chi connectivity index (χ4n) is 3.68. The van der Waals surface area contributed by atoms with Crippen LogP contribution in [-0.2, 0) is 24.9 Å². The van der Waals surface area contributed by atoms with Crippen LogP contribution in [0.5, 0.6) is 0 Å². The fraction of sp³-hybridized carbons (Fsp3) is 0.391. The Kier molecular flexibility index (Phi) is 4.94. The Labute approximate surface area is 184 Å². The molecule has 0 radical (unpaired) electrons. The van der Waals surface area contributed by atoms with Crippen LogP contribution in [0.4, 0.5) is 0 Å². The molecule has 4 rings (SSSR count). The summed E-state index contributed by atoms with van der Waals surface area (Å²) in [5, 5.41) is 11.4. The van der Waals surface area contributed by atoms with Crippen molar-refractivity contribution in [1.29, 1.82) is 0 Å². The molecule has 0 atom stereocenters. The van der Waals surface area contributed by atoms with Crippen molar-refractivity contribution >= 4 is 33.5 Å². The lowest BCUT2D eigenvalue weighted by Gasteiger charge is -2.32. The van der Waals surface area contributed by atoms with E-state index in [1.54, 1.807) is 56.3 Å². The normalized spacial score (nSPS) is 18.6. The van der Waals surface area contributed by atoms with Crippen molar-refractivity contribution in [2.24, 2.45) is 0 Å². The van der Waals surface area contributed by atoms with Crippen molar-refractivity contribution in [3.63, 3.8) is 0 Å². The van der Waals surface area contributed by atoms with Crippen molar-refractivity contribution < 1.29 is 22.8 Å². The molecule has 1 aromatic heterocycles. The zero-order valence-corrected chi connectivity index (χ0v) is 19.5. The van der Waals surface area contributed by atoms with Gasteiger partial charge in [-0.05, 0) is 76.8 Å². The summed E-state index contributed by atoms with van der Waals surface area (Å²) in [5.74, 6) is 0. The van der Waals surface area contributed by atoms with Gasteiger partial charge in [-0.1, -0.05) is 24.3 Å². The molecule has 0 amide bonds. The third-order valence-corrected chi connectivity index (χ3v) is 8.02. The molecular formula is C23H28BNO5S. The van der Waals surface area contributed by atoms with Gasteiger partial charge in [-0.25, -0.2) is 12.4 Å². The molecule has 6 nitrogen and oxygen atoms in total. The van der Waals surface area contributed by atoms with Gasteiger partial charge < -0.3 is 14.4 Å². The molecule has 1 aliphatic rings. The fourth-order valence-corrected chi connectivity index (χ4v) is 5.04. The van der Waals surface area contributed by atoms with E-state index in [1.807, 2.05) is 33.8 Å². The lowest BCUT2D eigenvalue weighted by Crippen LogP contribution is -2.41. The summed E-state index contributed by atoms with van der Waals surface area (Å²) in [6, 6.07) is 13.6. The lowest BCUT2D eigenvalue weighted by molar-refractivity contribution is 0.00578. The molecule has 164 valence electrons. The van der Waals surface area contributed by atoms with Crippen LogP contribution in [-0.4, -0.2) is 35.8 Å². The van der Waals surface area contributed by atoms with Gasteiger partial charge in [-0.2, -0.15) is 0 Å². The summed E-state index contributed by atoms with van der Waals surface area (Å²) in [6.45, 7) is 11.2. The summed E-state index contributed by atoms with van der Waals surface area (Å²) in [4.78, 5) is 0.193. The summed E-state index contributed by atoms with van der Waals surface area (Å²) in [5.41, 5.74) is -0.546. The second-order valence-electron chi connectivity index (χ2n) is 9.58. The summed E-state index contributed by atoms with van der Waals surface area (Å²) in [6.07, 6.45) is 1.54. The van der Waals surface area contributed by atoms with Crippen molar-refractivity contribution in [3.05, 3.63) is 60.3 Å². The van der Waals surface area contributed by atoms with Crippen LogP contribution < -0.4 is 5.46 Å². The SMILES string of the molecule is CC(C)(O)c1cc(B2OC(C)(C)C(C)(C)O2)c2ccn(S(=O)(=O)c3ccccc3)c2c1. The molecule has 31 heavy (non-hydrogen) atoms. The molecule has 1 N–H and O–H groups in total. The zero-order valence-electron chi connectivity index (χ0n) is 18.7. The first-order chi connectivity index (χ1) is 14.2. The van der Waals surface area contributed by atoms with Crippen LogP contribution in [0.1, 0.15) is 47.1 Å². The van der Waals surface area contributed by atoms with Crippen LogP contribution in [0.25, 0.3) is 10.9 Å². The summed E-state index contributed by atoms with van der Waals surface area (Å²) in [7, 11) is -4.51. The molecule has 3 aromatic rings. The van der Waals surface area contributed by atoms with Crippen LogP contribution in [0.3, 0.4) is 0 Å². The van der Waals surface area contributed by atoms with Gasteiger partial charge in [0.1, 0.15) is 0 Å². The predicted molar refractivity (Wildman–Crippen MR) is 122 cm³/mol. The molecule has 2 heterocycles. The molecule has 0 unspecified atom stereocenters.